The van der Waals surface area contributed by atoms with Crippen molar-refractivity contribution >= 4 is 17.3 Å². The van der Waals surface area contributed by atoms with E-state index in [1.54, 1.807) is 19.3 Å². The summed E-state index contributed by atoms with van der Waals surface area (Å²) in [4.78, 5) is 3.89. The van der Waals surface area contributed by atoms with Gasteiger partial charge in [-0.15, -0.1) is 0 Å². The van der Waals surface area contributed by atoms with Gasteiger partial charge < -0.3 is 10.4 Å². The topological polar surface area (TPSA) is 45.1 Å². The Kier molecular flexibility index (Phi) is 4.17. The maximum absolute atomic E-state index is 9.18. The standard InChI is InChI=1S/C10H15ClN2O/c1-7(5-8(2)14)13-10-3-4-12-6-9(10)11/h3-4,6-8,14H,5H2,1-2H3,(H,12,13). The first kappa shape index (κ1) is 11.3. The van der Waals surface area contributed by atoms with E-state index in [1.807, 2.05) is 13.0 Å². The molecule has 0 aromatic carbocycles. The number of halogens is 1. The van der Waals surface area contributed by atoms with E-state index in [0.717, 1.165) is 5.69 Å². The van der Waals surface area contributed by atoms with Crippen molar-refractivity contribution in [2.75, 3.05) is 5.32 Å². The Labute approximate surface area is 89.1 Å². The van der Waals surface area contributed by atoms with E-state index in [4.69, 9.17) is 11.6 Å². The number of aromatic nitrogens is 1. The average Bonchev–Trinajstić information content (AvgIpc) is 2.07. The average molecular weight is 215 g/mol. The zero-order valence-corrected chi connectivity index (χ0v) is 9.12. The van der Waals surface area contributed by atoms with E-state index in [2.05, 4.69) is 10.3 Å². The third kappa shape index (κ3) is 3.52. The molecule has 0 aliphatic heterocycles. The number of hydrogen-bond acceptors (Lipinski definition) is 3. The largest absolute Gasteiger partial charge is 0.393 e. The Morgan fingerprint density at radius 1 is 1.57 bits per heavy atom. The Balaban J connectivity index is 2.56. The summed E-state index contributed by atoms with van der Waals surface area (Å²) in [7, 11) is 0. The molecule has 1 aromatic heterocycles. The molecule has 0 spiro atoms. The molecular weight excluding hydrogens is 200 g/mol. The predicted octanol–water partition coefficient (Wildman–Crippen LogP) is 2.31. The third-order valence-corrected chi connectivity index (χ3v) is 2.17. The summed E-state index contributed by atoms with van der Waals surface area (Å²) >= 11 is 5.92. The van der Waals surface area contributed by atoms with Gasteiger partial charge in [0.1, 0.15) is 0 Å². The smallest absolute Gasteiger partial charge is 0.0820 e. The Hall–Kier alpha value is -0.800. The van der Waals surface area contributed by atoms with Crippen LogP contribution in [0.5, 0.6) is 0 Å². The van der Waals surface area contributed by atoms with Crippen molar-refractivity contribution in [2.24, 2.45) is 0 Å². The molecule has 0 bridgehead atoms. The van der Waals surface area contributed by atoms with Gasteiger partial charge in [-0.25, -0.2) is 0 Å². The second-order valence-corrected chi connectivity index (χ2v) is 3.89. The molecule has 0 saturated carbocycles. The fourth-order valence-electron chi connectivity index (χ4n) is 1.33. The van der Waals surface area contributed by atoms with E-state index >= 15 is 0 Å². The first-order valence-corrected chi connectivity index (χ1v) is 5.01. The molecule has 14 heavy (non-hydrogen) atoms. The van der Waals surface area contributed by atoms with Crippen LogP contribution in [-0.4, -0.2) is 22.2 Å². The quantitative estimate of drug-likeness (QED) is 0.809. The third-order valence-electron chi connectivity index (χ3n) is 1.87. The van der Waals surface area contributed by atoms with Gasteiger partial charge >= 0.3 is 0 Å². The van der Waals surface area contributed by atoms with E-state index in [9.17, 15) is 5.11 Å². The van der Waals surface area contributed by atoms with Gasteiger partial charge in [0, 0.05) is 18.4 Å². The molecule has 1 heterocycles. The highest BCUT2D eigenvalue weighted by atomic mass is 35.5. The highest BCUT2D eigenvalue weighted by Gasteiger charge is 2.07. The van der Waals surface area contributed by atoms with Gasteiger partial charge in [-0.05, 0) is 26.3 Å². The first-order chi connectivity index (χ1) is 6.59. The SMILES string of the molecule is CC(O)CC(C)Nc1ccncc1Cl. The van der Waals surface area contributed by atoms with Crippen LogP contribution in [-0.2, 0) is 0 Å². The van der Waals surface area contributed by atoms with Crippen LogP contribution in [0.1, 0.15) is 20.3 Å². The molecular formula is C10H15ClN2O. The van der Waals surface area contributed by atoms with Gasteiger partial charge in [-0.3, -0.25) is 4.98 Å². The number of aliphatic hydroxyl groups excluding tert-OH is 1. The molecule has 0 saturated heterocycles. The number of hydrogen-bond donors (Lipinski definition) is 2. The van der Waals surface area contributed by atoms with Crippen LogP contribution in [0, 0.1) is 0 Å². The molecule has 4 heteroatoms. The van der Waals surface area contributed by atoms with Crippen molar-refractivity contribution in [3.63, 3.8) is 0 Å². The van der Waals surface area contributed by atoms with Crippen LogP contribution in [0.4, 0.5) is 5.69 Å². The monoisotopic (exact) mass is 214 g/mol. The molecule has 78 valence electrons. The summed E-state index contributed by atoms with van der Waals surface area (Å²) in [6, 6.07) is 2.01. The van der Waals surface area contributed by atoms with Gasteiger partial charge in [0.2, 0.25) is 0 Å². The van der Waals surface area contributed by atoms with Gasteiger partial charge in [0.05, 0.1) is 16.8 Å². The highest BCUT2D eigenvalue weighted by Crippen LogP contribution is 2.20. The predicted molar refractivity (Wildman–Crippen MR) is 58.6 cm³/mol. The lowest BCUT2D eigenvalue weighted by Gasteiger charge is -2.17. The molecule has 1 aromatic rings. The van der Waals surface area contributed by atoms with E-state index < -0.39 is 0 Å². The summed E-state index contributed by atoms with van der Waals surface area (Å²) in [5.74, 6) is 0. The number of nitrogens with one attached hydrogen (secondary N) is 1. The minimum Gasteiger partial charge on any atom is -0.393 e. The Morgan fingerprint density at radius 3 is 2.86 bits per heavy atom. The summed E-state index contributed by atoms with van der Waals surface area (Å²) in [5, 5.41) is 13.0. The molecule has 0 aliphatic rings. The fourth-order valence-corrected chi connectivity index (χ4v) is 1.50. The minimum atomic E-state index is -0.307. The van der Waals surface area contributed by atoms with Gasteiger partial charge in [-0.2, -0.15) is 0 Å². The molecule has 0 amide bonds. The van der Waals surface area contributed by atoms with Gasteiger partial charge in [0.15, 0.2) is 0 Å². The second kappa shape index (κ2) is 5.17. The molecule has 0 radical (unpaired) electrons. The van der Waals surface area contributed by atoms with Crippen LogP contribution in [0.3, 0.4) is 0 Å². The highest BCUT2D eigenvalue weighted by molar-refractivity contribution is 6.33. The van der Waals surface area contributed by atoms with Crippen LogP contribution in [0.2, 0.25) is 5.02 Å². The van der Waals surface area contributed by atoms with E-state index in [0.29, 0.717) is 11.4 Å². The molecule has 1 rings (SSSR count). The number of nitrogens with zero attached hydrogens (tertiary/aromatic N) is 1. The lowest BCUT2D eigenvalue weighted by atomic mass is 10.1. The summed E-state index contributed by atoms with van der Waals surface area (Å²) in [5.41, 5.74) is 0.856. The van der Waals surface area contributed by atoms with Crippen molar-refractivity contribution in [1.29, 1.82) is 0 Å². The second-order valence-electron chi connectivity index (χ2n) is 3.49. The lowest BCUT2D eigenvalue weighted by Crippen LogP contribution is -2.20. The molecule has 2 atom stereocenters. The van der Waals surface area contributed by atoms with Crippen LogP contribution in [0.25, 0.3) is 0 Å². The molecule has 2 unspecified atom stereocenters. The van der Waals surface area contributed by atoms with E-state index in [-0.39, 0.29) is 12.1 Å². The van der Waals surface area contributed by atoms with Gasteiger partial charge in [0.25, 0.3) is 0 Å². The molecule has 2 N–H and O–H groups in total. The van der Waals surface area contributed by atoms with Crippen LogP contribution in [0.15, 0.2) is 18.5 Å². The Bertz CT molecular complexity index is 291. The zero-order valence-electron chi connectivity index (χ0n) is 8.37. The van der Waals surface area contributed by atoms with Crippen molar-refractivity contribution in [3.05, 3.63) is 23.5 Å². The number of rotatable bonds is 4. The summed E-state index contributed by atoms with van der Waals surface area (Å²) in [6.07, 6.45) is 3.67. The van der Waals surface area contributed by atoms with Gasteiger partial charge in [-0.1, -0.05) is 11.6 Å². The summed E-state index contributed by atoms with van der Waals surface area (Å²) < 4.78 is 0. The van der Waals surface area contributed by atoms with Crippen molar-refractivity contribution in [2.45, 2.75) is 32.4 Å². The molecule has 0 fully saturated rings. The van der Waals surface area contributed by atoms with Crippen molar-refractivity contribution < 1.29 is 5.11 Å². The molecule has 3 nitrogen and oxygen atoms in total. The first-order valence-electron chi connectivity index (χ1n) is 4.63. The fraction of sp³-hybridized carbons (Fsp3) is 0.500. The van der Waals surface area contributed by atoms with Crippen LogP contribution >= 0.6 is 11.6 Å². The maximum atomic E-state index is 9.18. The number of pyridine rings is 1. The summed E-state index contributed by atoms with van der Waals surface area (Å²) in [6.45, 7) is 3.77. The van der Waals surface area contributed by atoms with Crippen molar-refractivity contribution in [3.8, 4) is 0 Å². The number of anilines is 1. The lowest BCUT2D eigenvalue weighted by molar-refractivity contribution is 0.179. The van der Waals surface area contributed by atoms with Crippen molar-refractivity contribution in [1.82, 2.24) is 4.98 Å². The minimum absolute atomic E-state index is 0.190. The van der Waals surface area contributed by atoms with E-state index in [1.165, 1.54) is 0 Å². The normalized spacial score (nSPS) is 14.9. The zero-order chi connectivity index (χ0) is 10.6. The molecule has 0 aliphatic carbocycles. The maximum Gasteiger partial charge on any atom is 0.0820 e. The Morgan fingerprint density at radius 2 is 2.29 bits per heavy atom. The number of aliphatic hydroxyl groups is 1. The van der Waals surface area contributed by atoms with Crippen LogP contribution < -0.4 is 5.32 Å².